The molecule has 1 heterocycles. The monoisotopic (exact) mass is 167 g/mol. The predicted molar refractivity (Wildman–Crippen MR) is 46.9 cm³/mol. The maximum atomic E-state index is 8.71. The van der Waals surface area contributed by atoms with Crippen LogP contribution in [-0.4, -0.2) is 28.7 Å². The Hall–Kier alpha value is -1.16. The number of hydrogen-bond acceptors (Lipinski definition) is 4. The van der Waals surface area contributed by atoms with Gasteiger partial charge in [-0.15, -0.1) is 0 Å². The van der Waals surface area contributed by atoms with Gasteiger partial charge in [0.1, 0.15) is 5.82 Å². The highest BCUT2D eigenvalue weighted by atomic mass is 16.3. The van der Waals surface area contributed by atoms with Gasteiger partial charge in [0.05, 0.1) is 24.7 Å². The van der Waals surface area contributed by atoms with Crippen LogP contribution >= 0.6 is 0 Å². The first-order valence-electron chi connectivity index (χ1n) is 3.90. The zero-order valence-corrected chi connectivity index (χ0v) is 7.36. The molecular weight excluding hydrogens is 154 g/mol. The Balaban J connectivity index is 2.77. The fourth-order valence-corrected chi connectivity index (χ4v) is 0.789. The second-order valence-electron chi connectivity index (χ2n) is 2.54. The summed E-state index contributed by atoms with van der Waals surface area (Å²) in [6, 6.07) is 0. The second kappa shape index (κ2) is 4.01. The zero-order chi connectivity index (χ0) is 8.97. The summed E-state index contributed by atoms with van der Waals surface area (Å²) in [5, 5.41) is 8.71. The van der Waals surface area contributed by atoms with Crippen molar-refractivity contribution in [3.8, 4) is 0 Å². The van der Waals surface area contributed by atoms with E-state index in [9.17, 15) is 0 Å². The summed E-state index contributed by atoms with van der Waals surface area (Å²) in [4.78, 5) is 10.1. The molecule has 12 heavy (non-hydrogen) atoms. The maximum Gasteiger partial charge on any atom is 0.146 e. The number of aromatic nitrogens is 2. The van der Waals surface area contributed by atoms with Crippen molar-refractivity contribution in [2.75, 3.05) is 18.5 Å². The van der Waals surface area contributed by atoms with E-state index in [1.165, 1.54) is 0 Å². The van der Waals surface area contributed by atoms with E-state index >= 15 is 0 Å². The van der Waals surface area contributed by atoms with E-state index in [2.05, 4.69) is 9.97 Å². The van der Waals surface area contributed by atoms with E-state index in [0.717, 1.165) is 12.4 Å². The molecule has 0 saturated carbocycles. The van der Waals surface area contributed by atoms with Crippen molar-refractivity contribution in [2.24, 2.45) is 0 Å². The lowest BCUT2D eigenvalue weighted by atomic mass is 10.4. The quantitative estimate of drug-likeness (QED) is 0.709. The Bertz CT molecular complexity index is 235. The van der Waals surface area contributed by atoms with Crippen LogP contribution in [-0.2, 0) is 6.61 Å². The highest BCUT2D eigenvalue weighted by molar-refractivity contribution is 5.33. The third-order valence-electron chi connectivity index (χ3n) is 1.72. The molecule has 0 saturated heterocycles. The van der Waals surface area contributed by atoms with Crippen molar-refractivity contribution in [1.29, 1.82) is 0 Å². The lowest BCUT2D eigenvalue weighted by Crippen LogP contribution is -2.17. The van der Waals surface area contributed by atoms with E-state index in [4.69, 9.17) is 5.11 Å². The minimum atomic E-state index is -0.0525. The van der Waals surface area contributed by atoms with E-state index < -0.39 is 0 Å². The fourth-order valence-electron chi connectivity index (χ4n) is 0.789. The first-order valence-corrected chi connectivity index (χ1v) is 3.90. The zero-order valence-electron chi connectivity index (χ0n) is 7.36. The third kappa shape index (κ3) is 1.92. The van der Waals surface area contributed by atoms with E-state index in [1.807, 2.05) is 18.9 Å². The molecule has 0 aromatic carbocycles. The predicted octanol–water partition coefficient (Wildman–Crippen LogP) is 0.425. The van der Waals surface area contributed by atoms with Crippen LogP contribution in [0.1, 0.15) is 12.6 Å². The second-order valence-corrected chi connectivity index (χ2v) is 2.54. The van der Waals surface area contributed by atoms with Crippen molar-refractivity contribution in [3.63, 3.8) is 0 Å². The topological polar surface area (TPSA) is 49.2 Å². The summed E-state index contributed by atoms with van der Waals surface area (Å²) >= 11 is 0. The van der Waals surface area contributed by atoms with Gasteiger partial charge in [-0.2, -0.15) is 0 Å². The minimum absolute atomic E-state index is 0.0525. The molecule has 0 amide bonds. The molecule has 1 rings (SSSR count). The molecule has 0 aliphatic heterocycles. The molecule has 1 aromatic rings. The smallest absolute Gasteiger partial charge is 0.146 e. The summed E-state index contributed by atoms with van der Waals surface area (Å²) in [6.07, 6.45) is 3.25. The minimum Gasteiger partial charge on any atom is -0.390 e. The van der Waals surface area contributed by atoms with Gasteiger partial charge in [-0.25, -0.2) is 4.98 Å². The average molecular weight is 167 g/mol. The van der Waals surface area contributed by atoms with Gasteiger partial charge in [0, 0.05) is 13.6 Å². The molecule has 4 heteroatoms. The van der Waals surface area contributed by atoms with Crippen LogP contribution in [0.5, 0.6) is 0 Å². The first-order chi connectivity index (χ1) is 5.77. The normalized spacial score (nSPS) is 9.92. The Morgan fingerprint density at radius 2 is 2.17 bits per heavy atom. The summed E-state index contributed by atoms with van der Waals surface area (Å²) in [5.74, 6) is 0.828. The molecule has 1 aromatic heterocycles. The van der Waals surface area contributed by atoms with Gasteiger partial charge in [0.15, 0.2) is 0 Å². The van der Waals surface area contributed by atoms with Gasteiger partial charge in [0.2, 0.25) is 0 Å². The number of hydrogen-bond donors (Lipinski definition) is 1. The third-order valence-corrected chi connectivity index (χ3v) is 1.72. The van der Waals surface area contributed by atoms with Crippen molar-refractivity contribution >= 4 is 5.82 Å². The van der Waals surface area contributed by atoms with E-state index in [-0.39, 0.29) is 6.61 Å². The van der Waals surface area contributed by atoms with Crippen LogP contribution in [0.2, 0.25) is 0 Å². The molecule has 66 valence electrons. The molecule has 0 unspecified atom stereocenters. The van der Waals surface area contributed by atoms with Gasteiger partial charge in [0.25, 0.3) is 0 Å². The van der Waals surface area contributed by atoms with E-state index in [1.54, 1.807) is 12.4 Å². The van der Waals surface area contributed by atoms with Gasteiger partial charge in [-0.3, -0.25) is 4.98 Å². The largest absolute Gasteiger partial charge is 0.390 e. The first kappa shape index (κ1) is 8.93. The number of anilines is 1. The molecule has 0 atom stereocenters. The standard InChI is InChI=1S/C8H13N3O/c1-3-11(2)8-5-9-7(6-12)4-10-8/h4-5,12H,3,6H2,1-2H3. The molecule has 1 N–H and O–H groups in total. The average Bonchev–Trinajstić information content (AvgIpc) is 2.17. The molecule has 0 aliphatic carbocycles. The number of nitrogens with zero attached hydrogens (tertiary/aromatic N) is 3. The maximum absolute atomic E-state index is 8.71. The molecule has 0 radical (unpaired) electrons. The van der Waals surface area contributed by atoms with Crippen LogP contribution in [0.25, 0.3) is 0 Å². The molecule has 0 spiro atoms. The summed E-state index contributed by atoms with van der Waals surface area (Å²) in [6.45, 7) is 2.89. The highest BCUT2D eigenvalue weighted by Gasteiger charge is 1.99. The van der Waals surface area contributed by atoms with Gasteiger partial charge in [-0.1, -0.05) is 0 Å². The number of aliphatic hydroxyl groups excluding tert-OH is 1. The summed E-state index contributed by atoms with van der Waals surface area (Å²) in [7, 11) is 1.95. The van der Waals surface area contributed by atoms with Crippen LogP contribution in [0.15, 0.2) is 12.4 Å². The van der Waals surface area contributed by atoms with E-state index in [0.29, 0.717) is 5.69 Å². The van der Waals surface area contributed by atoms with Crippen LogP contribution in [0, 0.1) is 0 Å². The molecule has 0 aliphatic rings. The molecule has 0 fully saturated rings. The Morgan fingerprint density at radius 3 is 2.58 bits per heavy atom. The number of aliphatic hydroxyl groups is 1. The van der Waals surface area contributed by atoms with Crippen LogP contribution in [0.4, 0.5) is 5.82 Å². The van der Waals surface area contributed by atoms with Gasteiger partial charge in [-0.05, 0) is 6.92 Å². The lowest BCUT2D eigenvalue weighted by Gasteiger charge is -2.14. The van der Waals surface area contributed by atoms with Gasteiger partial charge >= 0.3 is 0 Å². The SMILES string of the molecule is CCN(C)c1cnc(CO)cn1. The van der Waals surface area contributed by atoms with Crippen molar-refractivity contribution in [3.05, 3.63) is 18.1 Å². The Morgan fingerprint density at radius 1 is 1.42 bits per heavy atom. The van der Waals surface area contributed by atoms with Crippen molar-refractivity contribution < 1.29 is 5.11 Å². The Labute approximate surface area is 71.9 Å². The number of rotatable bonds is 3. The van der Waals surface area contributed by atoms with Gasteiger partial charge < -0.3 is 10.0 Å². The fraction of sp³-hybridized carbons (Fsp3) is 0.500. The molecular formula is C8H13N3O. The molecule has 4 nitrogen and oxygen atoms in total. The van der Waals surface area contributed by atoms with Crippen LogP contribution < -0.4 is 4.90 Å². The summed E-state index contributed by atoms with van der Waals surface area (Å²) in [5.41, 5.74) is 0.600. The van der Waals surface area contributed by atoms with Crippen molar-refractivity contribution in [1.82, 2.24) is 9.97 Å². The van der Waals surface area contributed by atoms with Crippen LogP contribution in [0.3, 0.4) is 0 Å². The summed E-state index contributed by atoms with van der Waals surface area (Å²) < 4.78 is 0. The van der Waals surface area contributed by atoms with Crippen molar-refractivity contribution in [2.45, 2.75) is 13.5 Å². The molecule has 0 bridgehead atoms. The highest BCUT2D eigenvalue weighted by Crippen LogP contribution is 2.05. The Kier molecular flexibility index (Phi) is 2.99. The lowest BCUT2D eigenvalue weighted by molar-refractivity contribution is 0.276.